The van der Waals surface area contributed by atoms with Crippen LogP contribution in [-0.4, -0.2) is 11.7 Å². The lowest BCUT2D eigenvalue weighted by Crippen LogP contribution is -2.44. The Balaban J connectivity index is 2.18. The average Bonchev–Trinajstić information content (AvgIpc) is 3.03. The summed E-state index contributed by atoms with van der Waals surface area (Å²) in [4.78, 5) is 1.29. The van der Waals surface area contributed by atoms with Gasteiger partial charge < -0.3 is 10.4 Å². The molecule has 0 fully saturated rings. The Kier molecular flexibility index (Phi) is 5.35. The first kappa shape index (κ1) is 15.2. The maximum Gasteiger partial charge on any atom is 0.0669 e. The van der Waals surface area contributed by atoms with Crippen LogP contribution in [0.25, 0.3) is 0 Å². The largest absolute Gasteiger partial charge is 0.394 e. The van der Waals surface area contributed by atoms with Gasteiger partial charge in [0.2, 0.25) is 0 Å². The number of aliphatic hydroxyl groups is 1. The van der Waals surface area contributed by atoms with Gasteiger partial charge in [-0.15, -0.1) is 11.3 Å². The third-order valence-corrected chi connectivity index (χ3v) is 4.85. The lowest BCUT2D eigenvalue weighted by Gasteiger charge is -2.33. The van der Waals surface area contributed by atoms with Crippen LogP contribution in [-0.2, 0) is 18.5 Å². The minimum atomic E-state index is -0.351. The highest BCUT2D eigenvalue weighted by molar-refractivity contribution is 7.09. The molecule has 2 rings (SSSR count). The molecule has 0 bridgehead atoms. The molecule has 3 heteroatoms. The zero-order chi connectivity index (χ0) is 14.4. The molecule has 0 spiro atoms. The SMILES string of the molecule is CCc1ccc(C(CC)(CO)NCc2cccs2)cc1. The van der Waals surface area contributed by atoms with E-state index in [4.69, 9.17) is 0 Å². The number of thiophene rings is 1. The number of nitrogens with one attached hydrogen (secondary N) is 1. The van der Waals surface area contributed by atoms with Crippen molar-refractivity contribution in [2.75, 3.05) is 6.61 Å². The monoisotopic (exact) mass is 289 g/mol. The summed E-state index contributed by atoms with van der Waals surface area (Å²) in [7, 11) is 0. The van der Waals surface area contributed by atoms with Crippen molar-refractivity contribution >= 4 is 11.3 Å². The summed E-state index contributed by atoms with van der Waals surface area (Å²) < 4.78 is 0. The first-order valence-electron chi connectivity index (χ1n) is 7.21. The van der Waals surface area contributed by atoms with Crippen LogP contribution in [0.4, 0.5) is 0 Å². The fourth-order valence-electron chi connectivity index (χ4n) is 2.42. The molecule has 1 atom stereocenters. The van der Waals surface area contributed by atoms with Gasteiger partial charge in [-0.1, -0.05) is 44.2 Å². The third kappa shape index (κ3) is 3.29. The van der Waals surface area contributed by atoms with Crippen molar-refractivity contribution in [2.45, 2.75) is 38.8 Å². The van der Waals surface area contributed by atoms with Crippen LogP contribution >= 0.6 is 11.3 Å². The second-order valence-electron chi connectivity index (χ2n) is 5.08. The molecule has 2 aromatic rings. The zero-order valence-corrected chi connectivity index (χ0v) is 13.0. The minimum absolute atomic E-state index is 0.111. The third-order valence-electron chi connectivity index (χ3n) is 3.97. The number of hydrogen-bond acceptors (Lipinski definition) is 3. The number of rotatable bonds is 7. The van der Waals surface area contributed by atoms with Crippen LogP contribution in [0.5, 0.6) is 0 Å². The zero-order valence-electron chi connectivity index (χ0n) is 12.2. The second-order valence-corrected chi connectivity index (χ2v) is 6.11. The quantitative estimate of drug-likeness (QED) is 0.814. The smallest absolute Gasteiger partial charge is 0.0669 e. The van der Waals surface area contributed by atoms with Crippen LogP contribution < -0.4 is 5.32 Å². The summed E-state index contributed by atoms with van der Waals surface area (Å²) in [5.74, 6) is 0. The van der Waals surface area contributed by atoms with Crippen molar-refractivity contribution in [3.63, 3.8) is 0 Å². The van der Waals surface area contributed by atoms with E-state index in [0.29, 0.717) is 0 Å². The van der Waals surface area contributed by atoms with Crippen LogP contribution in [0.15, 0.2) is 41.8 Å². The van der Waals surface area contributed by atoms with Crippen LogP contribution in [0.2, 0.25) is 0 Å². The van der Waals surface area contributed by atoms with Crippen LogP contribution in [0.3, 0.4) is 0 Å². The molecular weight excluding hydrogens is 266 g/mol. The molecule has 2 nitrogen and oxygen atoms in total. The maximum atomic E-state index is 9.93. The molecule has 0 saturated carbocycles. The lowest BCUT2D eigenvalue weighted by atomic mass is 9.87. The van der Waals surface area contributed by atoms with E-state index in [1.165, 1.54) is 10.4 Å². The van der Waals surface area contributed by atoms with Crippen molar-refractivity contribution in [2.24, 2.45) is 0 Å². The molecule has 1 heterocycles. The molecule has 0 amide bonds. The van der Waals surface area contributed by atoms with Gasteiger partial charge in [0.1, 0.15) is 0 Å². The van der Waals surface area contributed by atoms with Crippen LogP contribution in [0, 0.1) is 0 Å². The van der Waals surface area contributed by atoms with Gasteiger partial charge in [-0.05, 0) is 35.4 Å². The molecule has 0 saturated heterocycles. The summed E-state index contributed by atoms with van der Waals surface area (Å²) in [5.41, 5.74) is 2.14. The van der Waals surface area contributed by atoms with E-state index in [1.807, 2.05) is 0 Å². The van der Waals surface area contributed by atoms with Gasteiger partial charge in [-0.2, -0.15) is 0 Å². The standard InChI is InChI=1S/C17H23NOS/c1-3-14-7-9-15(10-8-14)17(4-2,13-19)18-12-16-6-5-11-20-16/h5-11,18-19H,3-4,12-13H2,1-2H3. The average molecular weight is 289 g/mol. The van der Waals surface area contributed by atoms with Crippen molar-refractivity contribution < 1.29 is 5.11 Å². The van der Waals surface area contributed by atoms with Gasteiger partial charge in [-0.25, -0.2) is 0 Å². The number of benzene rings is 1. The first-order valence-corrected chi connectivity index (χ1v) is 8.09. The lowest BCUT2D eigenvalue weighted by molar-refractivity contribution is 0.154. The predicted octanol–water partition coefficient (Wildman–Crippen LogP) is 3.70. The van der Waals surface area contributed by atoms with Gasteiger partial charge in [0.15, 0.2) is 0 Å². The summed E-state index contributed by atoms with van der Waals surface area (Å²) >= 11 is 1.74. The van der Waals surface area contributed by atoms with Crippen molar-refractivity contribution in [3.05, 3.63) is 57.8 Å². The minimum Gasteiger partial charge on any atom is -0.394 e. The highest BCUT2D eigenvalue weighted by Gasteiger charge is 2.28. The summed E-state index contributed by atoms with van der Waals surface area (Å²) in [6, 6.07) is 12.8. The van der Waals surface area contributed by atoms with Crippen molar-refractivity contribution in [1.82, 2.24) is 5.32 Å². The topological polar surface area (TPSA) is 32.3 Å². The van der Waals surface area contributed by atoms with E-state index in [2.05, 4.69) is 60.9 Å². The first-order chi connectivity index (χ1) is 9.74. The maximum absolute atomic E-state index is 9.93. The Bertz CT molecular complexity index is 500. The Morgan fingerprint density at radius 1 is 1.15 bits per heavy atom. The Hall–Kier alpha value is -1.16. The second kappa shape index (κ2) is 7.02. The molecule has 2 N–H and O–H groups in total. The normalized spacial score (nSPS) is 14.2. The fraction of sp³-hybridized carbons (Fsp3) is 0.412. The molecule has 0 aliphatic carbocycles. The van der Waals surface area contributed by atoms with E-state index < -0.39 is 0 Å². The predicted molar refractivity (Wildman–Crippen MR) is 86.0 cm³/mol. The summed E-state index contributed by atoms with van der Waals surface area (Å²) in [6.07, 6.45) is 1.90. The fourth-order valence-corrected chi connectivity index (χ4v) is 3.06. The molecule has 20 heavy (non-hydrogen) atoms. The Morgan fingerprint density at radius 3 is 2.40 bits per heavy atom. The van der Waals surface area contributed by atoms with E-state index in [0.717, 1.165) is 24.9 Å². The highest BCUT2D eigenvalue weighted by Crippen LogP contribution is 2.26. The van der Waals surface area contributed by atoms with E-state index >= 15 is 0 Å². The van der Waals surface area contributed by atoms with E-state index in [-0.39, 0.29) is 12.1 Å². The molecule has 1 unspecified atom stereocenters. The molecular formula is C17H23NOS. The number of aliphatic hydroxyl groups excluding tert-OH is 1. The molecule has 1 aromatic heterocycles. The summed E-state index contributed by atoms with van der Waals surface area (Å²) in [5, 5.41) is 15.6. The molecule has 1 aromatic carbocycles. The van der Waals surface area contributed by atoms with Gasteiger partial charge in [0, 0.05) is 11.4 Å². The Morgan fingerprint density at radius 2 is 1.90 bits per heavy atom. The van der Waals surface area contributed by atoms with E-state index in [9.17, 15) is 5.11 Å². The molecule has 0 aliphatic rings. The van der Waals surface area contributed by atoms with E-state index in [1.54, 1.807) is 11.3 Å². The van der Waals surface area contributed by atoms with Crippen molar-refractivity contribution in [3.8, 4) is 0 Å². The molecule has 0 aliphatic heterocycles. The number of aryl methyl sites for hydroxylation is 1. The molecule has 0 radical (unpaired) electrons. The highest BCUT2D eigenvalue weighted by atomic mass is 32.1. The van der Waals surface area contributed by atoms with Gasteiger partial charge in [0.25, 0.3) is 0 Å². The Labute approximate surface area is 125 Å². The molecule has 108 valence electrons. The number of hydrogen-bond donors (Lipinski definition) is 2. The van der Waals surface area contributed by atoms with Gasteiger partial charge in [0.05, 0.1) is 12.1 Å². The van der Waals surface area contributed by atoms with Crippen molar-refractivity contribution in [1.29, 1.82) is 0 Å². The van der Waals surface area contributed by atoms with Crippen LogP contribution in [0.1, 0.15) is 36.3 Å². The van der Waals surface area contributed by atoms with Gasteiger partial charge >= 0.3 is 0 Å². The summed E-state index contributed by atoms with van der Waals surface area (Å²) in [6.45, 7) is 5.18. The van der Waals surface area contributed by atoms with Gasteiger partial charge in [-0.3, -0.25) is 0 Å².